The third-order valence-corrected chi connectivity index (χ3v) is 9.22. The van der Waals surface area contributed by atoms with E-state index in [1.807, 2.05) is 26.0 Å². The molecule has 2 aliphatic rings. The smallest absolute Gasteiger partial charge is 0.271 e. The molecule has 5 rings (SSSR count). The molecule has 2 unspecified atom stereocenters. The summed E-state index contributed by atoms with van der Waals surface area (Å²) >= 11 is 0. The summed E-state index contributed by atoms with van der Waals surface area (Å²) in [7, 11) is 1.39. The van der Waals surface area contributed by atoms with Crippen LogP contribution in [0.4, 0.5) is 5.69 Å². The molecule has 0 bridgehead atoms. The number of aryl methyl sites for hydroxylation is 2. The molecule has 7 nitrogen and oxygen atoms in total. The molecule has 2 fully saturated rings. The SMILES string of the molecule is CC=S(NC1CC12CCCC2)c1cc(-c2c(C)noc2C)cc2[nH]c(=O)c(NCCOC)cc12. The van der Waals surface area contributed by atoms with Gasteiger partial charge >= 0.3 is 0 Å². The van der Waals surface area contributed by atoms with Gasteiger partial charge in [-0.2, -0.15) is 0 Å². The average molecular weight is 483 g/mol. The van der Waals surface area contributed by atoms with Crippen molar-refractivity contribution in [3.63, 3.8) is 0 Å². The molecule has 34 heavy (non-hydrogen) atoms. The quantitative estimate of drug-likeness (QED) is 0.304. The Labute approximate surface area is 202 Å². The van der Waals surface area contributed by atoms with Crippen LogP contribution in [0.5, 0.6) is 0 Å². The normalized spacial score (nSPS) is 19.8. The largest absolute Gasteiger partial charge is 0.383 e. The number of pyridine rings is 1. The first kappa shape index (κ1) is 23.3. The van der Waals surface area contributed by atoms with E-state index < -0.39 is 0 Å². The van der Waals surface area contributed by atoms with Crippen LogP contribution in [0.3, 0.4) is 0 Å². The predicted molar refractivity (Wildman–Crippen MR) is 140 cm³/mol. The van der Waals surface area contributed by atoms with Crippen LogP contribution in [0.25, 0.3) is 22.0 Å². The molecule has 2 atom stereocenters. The van der Waals surface area contributed by atoms with Gasteiger partial charge in [0.05, 0.1) is 17.8 Å². The molecule has 0 radical (unpaired) electrons. The van der Waals surface area contributed by atoms with Crippen LogP contribution >= 0.6 is 10.7 Å². The molecule has 8 heteroatoms. The third-order valence-electron chi connectivity index (χ3n) is 7.40. The number of H-pyrrole nitrogens is 1. The molecule has 3 N–H and O–H groups in total. The summed E-state index contributed by atoms with van der Waals surface area (Å²) in [5.74, 6) is 0.781. The molecule has 1 spiro atoms. The van der Waals surface area contributed by atoms with E-state index in [4.69, 9.17) is 9.26 Å². The summed E-state index contributed by atoms with van der Waals surface area (Å²) in [4.78, 5) is 17.2. The topological polar surface area (TPSA) is 92.2 Å². The number of rotatable bonds is 8. The van der Waals surface area contributed by atoms with Gasteiger partial charge in [0.25, 0.3) is 5.56 Å². The summed E-state index contributed by atoms with van der Waals surface area (Å²) in [6.45, 7) is 7.12. The lowest BCUT2D eigenvalue weighted by Gasteiger charge is -2.18. The van der Waals surface area contributed by atoms with Gasteiger partial charge in [-0.3, -0.25) is 9.52 Å². The number of aromatic amines is 1. The first-order chi connectivity index (χ1) is 16.5. The van der Waals surface area contributed by atoms with E-state index in [-0.39, 0.29) is 16.2 Å². The number of benzene rings is 1. The summed E-state index contributed by atoms with van der Waals surface area (Å²) in [6.07, 6.45) is 6.65. The molecule has 2 saturated carbocycles. The second-order valence-electron chi connectivity index (χ2n) is 9.58. The summed E-state index contributed by atoms with van der Waals surface area (Å²) in [5, 5.41) is 10.7. The van der Waals surface area contributed by atoms with Crippen LogP contribution in [-0.2, 0) is 4.74 Å². The Morgan fingerprint density at radius 3 is 2.76 bits per heavy atom. The molecule has 0 aliphatic heterocycles. The standard InChI is InChI=1S/C26H34N4O3S/c1-5-34(30-23-15-26(23)8-6-7-9-26)22-13-18(24-16(2)29-33-17(24)3)12-20-19(22)14-21(25(31)28-20)27-10-11-32-4/h5,12-14,23,27,30H,6-11,15H2,1-4H3,(H,28,31). The van der Waals surface area contributed by atoms with E-state index in [0.717, 1.165) is 33.5 Å². The molecule has 3 aromatic rings. The minimum absolute atomic E-state index is 0.133. The van der Waals surface area contributed by atoms with E-state index in [2.05, 4.69) is 38.5 Å². The minimum atomic E-state index is -0.267. The third kappa shape index (κ3) is 4.23. The summed E-state index contributed by atoms with van der Waals surface area (Å²) < 4.78 is 14.6. The molecule has 2 heterocycles. The van der Waals surface area contributed by atoms with Gasteiger partial charge in [-0.05, 0) is 74.6 Å². The first-order valence-electron chi connectivity index (χ1n) is 12.1. The van der Waals surface area contributed by atoms with Gasteiger partial charge in [0.1, 0.15) is 11.4 Å². The van der Waals surface area contributed by atoms with E-state index in [1.165, 1.54) is 37.0 Å². The Morgan fingerprint density at radius 1 is 1.29 bits per heavy atom. The van der Waals surface area contributed by atoms with Gasteiger partial charge in [-0.1, -0.05) is 28.7 Å². The maximum atomic E-state index is 12.9. The highest BCUT2D eigenvalue weighted by molar-refractivity contribution is 8.13. The van der Waals surface area contributed by atoms with Crippen molar-refractivity contribution in [3.8, 4) is 11.1 Å². The molecule has 0 saturated heterocycles. The van der Waals surface area contributed by atoms with Crippen molar-refractivity contribution in [2.45, 2.75) is 63.8 Å². The molecule has 2 aromatic heterocycles. The Bertz CT molecular complexity index is 1280. The number of anilines is 1. The maximum Gasteiger partial charge on any atom is 0.271 e. The predicted octanol–water partition coefficient (Wildman–Crippen LogP) is 5.15. The highest BCUT2D eigenvalue weighted by Gasteiger charge is 2.55. The Hall–Kier alpha value is -2.42. The number of nitrogens with zero attached hydrogens (tertiary/aromatic N) is 1. The fourth-order valence-corrected chi connectivity index (χ4v) is 7.29. The van der Waals surface area contributed by atoms with Crippen molar-refractivity contribution >= 4 is 32.6 Å². The van der Waals surface area contributed by atoms with Gasteiger partial charge < -0.3 is 19.6 Å². The van der Waals surface area contributed by atoms with Gasteiger partial charge in [0, 0.05) is 35.5 Å². The number of fused-ring (bicyclic) bond motifs is 1. The van der Waals surface area contributed by atoms with Crippen molar-refractivity contribution in [2.24, 2.45) is 5.41 Å². The van der Waals surface area contributed by atoms with E-state index >= 15 is 0 Å². The van der Waals surface area contributed by atoms with Crippen LogP contribution in [0, 0.1) is 19.3 Å². The highest BCUT2D eigenvalue weighted by Crippen LogP contribution is 2.59. The lowest BCUT2D eigenvalue weighted by Crippen LogP contribution is -2.18. The van der Waals surface area contributed by atoms with Crippen LogP contribution < -0.4 is 15.6 Å². The van der Waals surface area contributed by atoms with E-state index in [0.29, 0.717) is 30.3 Å². The molecule has 1 aromatic carbocycles. The van der Waals surface area contributed by atoms with Crippen molar-refractivity contribution < 1.29 is 9.26 Å². The summed E-state index contributed by atoms with van der Waals surface area (Å²) in [6, 6.07) is 6.83. The number of aromatic nitrogens is 2. The number of hydrogen-bond donors (Lipinski definition) is 3. The number of methoxy groups -OCH3 is 1. The second kappa shape index (κ2) is 9.32. The lowest BCUT2D eigenvalue weighted by molar-refractivity contribution is 0.211. The zero-order valence-electron chi connectivity index (χ0n) is 20.4. The van der Waals surface area contributed by atoms with E-state index in [9.17, 15) is 4.79 Å². The maximum absolute atomic E-state index is 12.9. The van der Waals surface area contributed by atoms with Gasteiger partial charge in [0.15, 0.2) is 0 Å². The fraction of sp³-hybridized carbons (Fsp3) is 0.500. The summed E-state index contributed by atoms with van der Waals surface area (Å²) in [5.41, 5.74) is 4.61. The van der Waals surface area contributed by atoms with Crippen LogP contribution in [0.1, 0.15) is 50.5 Å². The first-order valence-corrected chi connectivity index (χ1v) is 13.4. The zero-order valence-corrected chi connectivity index (χ0v) is 21.2. The number of hydrogen-bond acceptors (Lipinski definition) is 6. The minimum Gasteiger partial charge on any atom is -0.383 e. The van der Waals surface area contributed by atoms with E-state index in [1.54, 1.807) is 7.11 Å². The van der Waals surface area contributed by atoms with Crippen molar-refractivity contribution in [1.82, 2.24) is 14.9 Å². The monoisotopic (exact) mass is 482 g/mol. The van der Waals surface area contributed by atoms with Gasteiger partial charge in [0.2, 0.25) is 0 Å². The molecular weight excluding hydrogens is 448 g/mol. The van der Waals surface area contributed by atoms with Gasteiger partial charge in [-0.25, -0.2) is 0 Å². The van der Waals surface area contributed by atoms with Crippen molar-refractivity contribution in [1.29, 1.82) is 0 Å². The molecule has 0 amide bonds. The van der Waals surface area contributed by atoms with Gasteiger partial charge in [-0.15, -0.1) is 0 Å². The Balaban J connectivity index is 1.61. The number of nitrogens with one attached hydrogen (secondary N) is 3. The van der Waals surface area contributed by atoms with Crippen LogP contribution in [0.15, 0.2) is 32.4 Å². The van der Waals surface area contributed by atoms with Crippen LogP contribution in [0.2, 0.25) is 0 Å². The molecule has 182 valence electrons. The molecule has 2 aliphatic carbocycles. The molecular formula is C26H34N4O3S. The van der Waals surface area contributed by atoms with Crippen molar-refractivity contribution in [2.75, 3.05) is 25.6 Å². The average Bonchev–Trinajstić information content (AvgIpc) is 3.09. The highest BCUT2D eigenvalue weighted by atomic mass is 32.2. The van der Waals surface area contributed by atoms with Crippen molar-refractivity contribution in [3.05, 3.63) is 40.0 Å². The zero-order chi connectivity index (χ0) is 23.9. The Kier molecular flexibility index (Phi) is 6.39. The second-order valence-corrected chi connectivity index (χ2v) is 11.4. The Morgan fingerprint density at radius 2 is 2.09 bits per heavy atom. The van der Waals surface area contributed by atoms with Crippen LogP contribution in [-0.4, -0.2) is 41.8 Å². The number of ether oxygens (including phenoxy) is 1. The fourth-order valence-electron chi connectivity index (χ4n) is 5.48. The lowest BCUT2D eigenvalue weighted by atomic mass is 10.0.